The standard InChI is InChI=1S/C13H17N3O3S/c1-8-5-9(2)15-13(14-8)20-7-11(17)16(6-12(18)19)10-3-4-10/h5,10H,3-4,6-7H2,1-2H3,(H,18,19). The van der Waals surface area contributed by atoms with Crippen LogP contribution in [0.1, 0.15) is 24.2 Å². The molecule has 0 unspecified atom stereocenters. The summed E-state index contributed by atoms with van der Waals surface area (Å²) in [6.07, 6.45) is 1.79. The van der Waals surface area contributed by atoms with E-state index in [-0.39, 0.29) is 24.2 Å². The third-order valence-corrected chi connectivity index (χ3v) is 3.73. The normalized spacial score (nSPS) is 14.1. The second-order valence-electron chi connectivity index (χ2n) is 4.87. The van der Waals surface area contributed by atoms with E-state index in [9.17, 15) is 9.59 Å². The van der Waals surface area contributed by atoms with Gasteiger partial charge in [-0.15, -0.1) is 0 Å². The largest absolute Gasteiger partial charge is 0.480 e. The van der Waals surface area contributed by atoms with Crippen LogP contribution in [0.25, 0.3) is 0 Å². The molecule has 1 fully saturated rings. The number of carboxylic acids is 1. The number of carbonyl (C=O) groups excluding carboxylic acids is 1. The maximum Gasteiger partial charge on any atom is 0.323 e. The molecule has 1 aromatic rings. The van der Waals surface area contributed by atoms with E-state index in [1.165, 1.54) is 16.7 Å². The molecule has 1 saturated carbocycles. The predicted octanol–water partition coefficient (Wildman–Crippen LogP) is 1.26. The molecule has 1 aliphatic carbocycles. The highest BCUT2D eigenvalue weighted by Gasteiger charge is 2.33. The van der Waals surface area contributed by atoms with Gasteiger partial charge in [0.1, 0.15) is 6.54 Å². The number of aliphatic carboxylic acids is 1. The van der Waals surface area contributed by atoms with Crippen LogP contribution in [0, 0.1) is 13.8 Å². The number of hydrogen-bond donors (Lipinski definition) is 1. The molecule has 1 amide bonds. The molecule has 6 nitrogen and oxygen atoms in total. The number of rotatable bonds is 6. The van der Waals surface area contributed by atoms with Crippen LogP contribution in [0.4, 0.5) is 0 Å². The zero-order chi connectivity index (χ0) is 14.7. The lowest BCUT2D eigenvalue weighted by Gasteiger charge is -2.19. The van der Waals surface area contributed by atoms with Crippen molar-refractivity contribution in [3.8, 4) is 0 Å². The van der Waals surface area contributed by atoms with Crippen molar-refractivity contribution in [3.63, 3.8) is 0 Å². The summed E-state index contributed by atoms with van der Waals surface area (Å²) in [5, 5.41) is 9.40. The fourth-order valence-corrected chi connectivity index (χ4v) is 2.76. The lowest BCUT2D eigenvalue weighted by molar-refractivity contribution is -0.143. The number of amides is 1. The number of hydrogen-bond acceptors (Lipinski definition) is 5. The third-order valence-electron chi connectivity index (χ3n) is 2.90. The number of carboxylic acid groups (broad SMARTS) is 1. The molecule has 0 saturated heterocycles. The van der Waals surface area contributed by atoms with Crippen molar-refractivity contribution < 1.29 is 14.7 Å². The van der Waals surface area contributed by atoms with Gasteiger partial charge in [-0.2, -0.15) is 0 Å². The zero-order valence-electron chi connectivity index (χ0n) is 11.5. The molecule has 1 aromatic heterocycles. The first-order valence-electron chi connectivity index (χ1n) is 6.42. The Kier molecular flexibility index (Phi) is 4.59. The van der Waals surface area contributed by atoms with E-state index in [2.05, 4.69) is 9.97 Å². The number of carbonyl (C=O) groups is 2. The van der Waals surface area contributed by atoms with Crippen molar-refractivity contribution in [2.24, 2.45) is 0 Å². The molecular weight excluding hydrogens is 278 g/mol. The Morgan fingerprint density at radius 2 is 1.95 bits per heavy atom. The summed E-state index contributed by atoms with van der Waals surface area (Å²) in [7, 11) is 0. The Bertz CT molecular complexity index is 511. The van der Waals surface area contributed by atoms with Gasteiger partial charge in [-0.25, -0.2) is 9.97 Å². The summed E-state index contributed by atoms with van der Waals surface area (Å²) in [6.45, 7) is 3.53. The SMILES string of the molecule is Cc1cc(C)nc(SCC(=O)N(CC(=O)O)C2CC2)n1. The first-order chi connectivity index (χ1) is 9.45. The number of thioether (sulfide) groups is 1. The average molecular weight is 295 g/mol. The first kappa shape index (κ1) is 14.8. The molecule has 2 rings (SSSR count). The van der Waals surface area contributed by atoms with Crippen LogP contribution in [0.3, 0.4) is 0 Å². The second kappa shape index (κ2) is 6.21. The fraction of sp³-hybridized carbons (Fsp3) is 0.538. The summed E-state index contributed by atoms with van der Waals surface area (Å²) < 4.78 is 0. The van der Waals surface area contributed by atoms with Gasteiger partial charge in [0.25, 0.3) is 0 Å². The quantitative estimate of drug-likeness (QED) is 0.628. The molecule has 108 valence electrons. The van der Waals surface area contributed by atoms with Crippen molar-refractivity contribution >= 4 is 23.6 Å². The Morgan fingerprint density at radius 3 is 2.45 bits per heavy atom. The number of nitrogens with zero attached hydrogens (tertiary/aromatic N) is 3. The molecule has 1 aliphatic rings. The summed E-state index contributed by atoms with van der Waals surface area (Å²) in [5.74, 6) is -0.965. The zero-order valence-corrected chi connectivity index (χ0v) is 12.3. The predicted molar refractivity (Wildman–Crippen MR) is 74.6 cm³/mol. The first-order valence-corrected chi connectivity index (χ1v) is 7.40. The van der Waals surface area contributed by atoms with Crippen molar-refractivity contribution in [2.45, 2.75) is 37.9 Å². The number of aryl methyl sites for hydroxylation is 2. The smallest absolute Gasteiger partial charge is 0.323 e. The van der Waals surface area contributed by atoms with Crippen LogP contribution < -0.4 is 0 Å². The number of aromatic nitrogens is 2. The van der Waals surface area contributed by atoms with Crippen molar-refractivity contribution in [1.29, 1.82) is 0 Å². The van der Waals surface area contributed by atoms with Gasteiger partial charge in [-0.05, 0) is 32.8 Å². The molecule has 0 bridgehead atoms. The van der Waals surface area contributed by atoms with E-state index in [1.54, 1.807) is 0 Å². The molecule has 0 aromatic carbocycles. The summed E-state index contributed by atoms with van der Waals surface area (Å²) >= 11 is 1.25. The maximum absolute atomic E-state index is 12.1. The van der Waals surface area contributed by atoms with Crippen LogP contribution in [-0.2, 0) is 9.59 Å². The molecule has 0 atom stereocenters. The third kappa shape index (κ3) is 4.19. The molecule has 0 radical (unpaired) electrons. The maximum atomic E-state index is 12.1. The van der Waals surface area contributed by atoms with E-state index in [0.717, 1.165) is 24.2 Å². The van der Waals surface area contributed by atoms with E-state index in [1.807, 2.05) is 19.9 Å². The minimum Gasteiger partial charge on any atom is -0.480 e. The van der Waals surface area contributed by atoms with Gasteiger partial charge < -0.3 is 10.0 Å². The molecular formula is C13H17N3O3S. The minimum absolute atomic E-state index is 0.0966. The van der Waals surface area contributed by atoms with Crippen LogP contribution in [-0.4, -0.2) is 50.2 Å². The van der Waals surface area contributed by atoms with Crippen LogP contribution in [0.15, 0.2) is 11.2 Å². The van der Waals surface area contributed by atoms with Crippen LogP contribution in [0.2, 0.25) is 0 Å². The molecule has 0 spiro atoms. The molecule has 1 heterocycles. The Labute approximate surface area is 121 Å². The van der Waals surface area contributed by atoms with Gasteiger partial charge in [0.2, 0.25) is 5.91 Å². The average Bonchev–Trinajstić information content (AvgIpc) is 3.15. The Morgan fingerprint density at radius 1 is 1.35 bits per heavy atom. The highest BCUT2D eigenvalue weighted by molar-refractivity contribution is 7.99. The second-order valence-corrected chi connectivity index (χ2v) is 5.81. The topological polar surface area (TPSA) is 83.4 Å². The fourth-order valence-electron chi connectivity index (χ4n) is 1.92. The van der Waals surface area contributed by atoms with Crippen molar-refractivity contribution in [3.05, 3.63) is 17.5 Å². The van der Waals surface area contributed by atoms with Gasteiger partial charge >= 0.3 is 5.97 Å². The summed E-state index contributed by atoms with van der Waals surface area (Å²) in [5.41, 5.74) is 1.72. The highest BCUT2D eigenvalue weighted by Crippen LogP contribution is 2.27. The van der Waals surface area contributed by atoms with Gasteiger partial charge in [0, 0.05) is 17.4 Å². The monoisotopic (exact) mass is 295 g/mol. The van der Waals surface area contributed by atoms with E-state index in [0.29, 0.717) is 5.16 Å². The van der Waals surface area contributed by atoms with Gasteiger partial charge in [0.15, 0.2) is 5.16 Å². The van der Waals surface area contributed by atoms with Crippen LogP contribution >= 0.6 is 11.8 Å². The van der Waals surface area contributed by atoms with Gasteiger partial charge in [-0.1, -0.05) is 11.8 Å². The molecule has 1 N–H and O–H groups in total. The van der Waals surface area contributed by atoms with E-state index in [4.69, 9.17) is 5.11 Å². The van der Waals surface area contributed by atoms with E-state index >= 15 is 0 Å². The molecule has 0 aliphatic heterocycles. The van der Waals surface area contributed by atoms with Crippen molar-refractivity contribution in [1.82, 2.24) is 14.9 Å². The molecule has 7 heteroatoms. The minimum atomic E-state index is -0.974. The van der Waals surface area contributed by atoms with Crippen LogP contribution in [0.5, 0.6) is 0 Å². The van der Waals surface area contributed by atoms with Gasteiger partial charge in [0.05, 0.1) is 5.75 Å². The summed E-state index contributed by atoms with van der Waals surface area (Å²) in [6, 6.07) is 1.96. The highest BCUT2D eigenvalue weighted by atomic mass is 32.2. The molecule has 20 heavy (non-hydrogen) atoms. The summed E-state index contributed by atoms with van der Waals surface area (Å²) in [4.78, 5) is 32.8. The Balaban J connectivity index is 1.94. The van der Waals surface area contributed by atoms with Gasteiger partial charge in [-0.3, -0.25) is 9.59 Å². The van der Waals surface area contributed by atoms with E-state index < -0.39 is 5.97 Å². The lowest BCUT2D eigenvalue weighted by Crippen LogP contribution is -2.38. The van der Waals surface area contributed by atoms with Crippen molar-refractivity contribution in [2.75, 3.05) is 12.3 Å². The lowest BCUT2D eigenvalue weighted by atomic mass is 10.4. The Hall–Kier alpha value is -1.63.